The van der Waals surface area contributed by atoms with E-state index < -0.39 is 11.6 Å². The lowest BCUT2D eigenvalue weighted by molar-refractivity contribution is 0.433. The van der Waals surface area contributed by atoms with Gasteiger partial charge in [-0.2, -0.15) is 0 Å². The molecular formula is C16H17F2NO. The van der Waals surface area contributed by atoms with E-state index in [9.17, 15) is 8.78 Å². The van der Waals surface area contributed by atoms with Gasteiger partial charge in [-0.05, 0) is 49.6 Å². The van der Waals surface area contributed by atoms with E-state index in [4.69, 9.17) is 10.5 Å². The Kier molecular flexibility index (Phi) is 4.35. The fraction of sp³-hybridized carbons (Fsp3) is 0.250. The fourth-order valence-corrected chi connectivity index (χ4v) is 1.93. The van der Waals surface area contributed by atoms with Gasteiger partial charge in [0.2, 0.25) is 0 Å². The monoisotopic (exact) mass is 277 g/mol. The summed E-state index contributed by atoms with van der Waals surface area (Å²) in [4.78, 5) is 0. The maximum Gasteiger partial charge on any atom is 0.165 e. The van der Waals surface area contributed by atoms with Crippen molar-refractivity contribution in [1.82, 2.24) is 0 Å². The van der Waals surface area contributed by atoms with Gasteiger partial charge in [0, 0.05) is 12.1 Å². The average molecular weight is 277 g/mol. The molecule has 106 valence electrons. The van der Waals surface area contributed by atoms with Gasteiger partial charge in [0.05, 0.1) is 0 Å². The molecule has 0 aromatic heterocycles. The second kappa shape index (κ2) is 6.01. The van der Waals surface area contributed by atoms with Crippen molar-refractivity contribution in [2.24, 2.45) is 5.73 Å². The van der Waals surface area contributed by atoms with Gasteiger partial charge in [-0.25, -0.2) is 8.78 Å². The van der Waals surface area contributed by atoms with Crippen LogP contribution in [-0.4, -0.2) is 6.04 Å². The van der Waals surface area contributed by atoms with E-state index in [0.717, 1.165) is 29.3 Å². The highest BCUT2D eigenvalue weighted by atomic mass is 19.1. The summed E-state index contributed by atoms with van der Waals surface area (Å²) in [5.41, 5.74) is 7.61. The number of nitrogens with two attached hydrogens (primary N) is 1. The summed E-state index contributed by atoms with van der Waals surface area (Å²) in [7, 11) is 0. The summed E-state index contributed by atoms with van der Waals surface area (Å²) >= 11 is 0. The maximum absolute atomic E-state index is 13.6. The third-order valence-electron chi connectivity index (χ3n) is 2.92. The molecule has 0 amide bonds. The van der Waals surface area contributed by atoms with Gasteiger partial charge < -0.3 is 10.5 Å². The first-order valence-corrected chi connectivity index (χ1v) is 6.43. The molecule has 0 radical (unpaired) electrons. The van der Waals surface area contributed by atoms with Crippen molar-refractivity contribution >= 4 is 0 Å². The molecular weight excluding hydrogens is 260 g/mol. The molecule has 2 aromatic carbocycles. The van der Waals surface area contributed by atoms with Crippen molar-refractivity contribution in [2.45, 2.75) is 26.3 Å². The Morgan fingerprint density at radius 2 is 1.85 bits per heavy atom. The highest BCUT2D eigenvalue weighted by Crippen LogP contribution is 2.29. The van der Waals surface area contributed by atoms with Gasteiger partial charge in [0.15, 0.2) is 11.6 Å². The van der Waals surface area contributed by atoms with Gasteiger partial charge in [0.25, 0.3) is 0 Å². The second-order valence-electron chi connectivity index (χ2n) is 4.96. The molecule has 0 fully saturated rings. The van der Waals surface area contributed by atoms with E-state index in [0.29, 0.717) is 12.2 Å². The first kappa shape index (κ1) is 14.5. The summed E-state index contributed by atoms with van der Waals surface area (Å²) in [5.74, 6) is -0.743. The van der Waals surface area contributed by atoms with E-state index in [1.807, 2.05) is 32.0 Å². The third-order valence-corrected chi connectivity index (χ3v) is 2.92. The van der Waals surface area contributed by atoms with Crippen molar-refractivity contribution in [1.29, 1.82) is 0 Å². The minimum Gasteiger partial charge on any atom is -0.454 e. The summed E-state index contributed by atoms with van der Waals surface area (Å²) in [6.45, 7) is 3.76. The summed E-state index contributed by atoms with van der Waals surface area (Å²) < 4.78 is 32.2. The largest absolute Gasteiger partial charge is 0.454 e. The molecule has 0 saturated carbocycles. The standard InChI is InChI=1S/C16H17F2NO/c1-10-3-4-12(7-11(2)19)8-15(10)20-16-9-13(17)5-6-14(16)18/h3-6,8-9,11H,7,19H2,1-2H3. The number of rotatable bonds is 4. The molecule has 0 saturated heterocycles. The van der Waals surface area contributed by atoms with Crippen LogP contribution >= 0.6 is 0 Å². The van der Waals surface area contributed by atoms with Gasteiger partial charge in [0.1, 0.15) is 11.6 Å². The zero-order chi connectivity index (χ0) is 14.7. The molecule has 2 aromatic rings. The third kappa shape index (κ3) is 3.54. The van der Waals surface area contributed by atoms with Crippen molar-refractivity contribution in [3.05, 3.63) is 59.2 Å². The van der Waals surface area contributed by atoms with Crippen LogP contribution in [0.2, 0.25) is 0 Å². The molecule has 2 N–H and O–H groups in total. The van der Waals surface area contributed by atoms with Crippen LogP contribution in [0.4, 0.5) is 8.78 Å². The highest BCUT2D eigenvalue weighted by molar-refractivity contribution is 5.40. The second-order valence-corrected chi connectivity index (χ2v) is 4.96. The Morgan fingerprint density at radius 3 is 2.55 bits per heavy atom. The Bertz CT molecular complexity index is 611. The topological polar surface area (TPSA) is 35.2 Å². The lowest BCUT2D eigenvalue weighted by atomic mass is 10.1. The molecule has 2 nitrogen and oxygen atoms in total. The molecule has 1 atom stereocenters. The van der Waals surface area contributed by atoms with Crippen molar-refractivity contribution < 1.29 is 13.5 Å². The number of hydrogen-bond donors (Lipinski definition) is 1. The summed E-state index contributed by atoms with van der Waals surface area (Å²) in [6.07, 6.45) is 0.697. The predicted molar refractivity (Wildman–Crippen MR) is 75.0 cm³/mol. The normalized spacial score (nSPS) is 12.2. The molecule has 0 spiro atoms. The zero-order valence-electron chi connectivity index (χ0n) is 11.5. The quantitative estimate of drug-likeness (QED) is 0.918. The van der Waals surface area contributed by atoms with E-state index in [2.05, 4.69) is 0 Å². The average Bonchev–Trinajstić information content (AvgIpc) is 2.37. The van der Waals surface area contributed by atoms with Crippen LogP contribution < -0.4 is 10.5 Å². The molecule has 1 unspecified atom stereocenters. The van der Waals surface area contributed by atoms with Crippen molar-refractivity contribution in [3.8, 4) is 11.5 Å². The molecule has 0 bridgehead atoms. The fourth-order valence-electron chi connectivity index (χ4n) is 1.93. The van der Waals surface area contributed by atoms with E-state index in [1.54, 1.807) is 0 Å². The molecule has 0 heterocycles. The van der Waals surface area contributed by atoms with Gasteiger partial charge in [-0.3, -0.25) is 0 Å². The minimum absolute atomic E-state index is 0.0245. The van der Waals surface area contributed by atoms with Crippen LogP contribution in [-0.2, 0) is 6.42 Å². The number of ether oxygens (including phenoxy) is 1. The lowest BCUT2D eigenvalue weighted by Gasteiger charge is -2.12. The number of aryl methyl sites for hydroxylation is 1. The molecule has 2 rings (SSSR count). The van der Waals surface area contributed by atoms with Crippen LogP contribution in [0.1, 0.15) is 18.1 Å². The summed E-state index contributed by atoms with van der Waals surface area (Å²) in [5, 5.41) is 0. The van der Waals surface area contributed by atoms with Gasteiger partial charge in [-0.15, -0.1) is 0 Å². The van der Waals surface area contributed by atoms with Crippen LogP contribution in [0.15, 0.2) is 36.4 Å². The molecule has 0 aliphatic rings. The van der Waals surface area contributed by atoms with Gasteiger partial charge in [-0.1, -0.05) is 12.1 Å². The number of hydrogen-bond acceptors (Lipinski definition) is 2. The van der Waals surface area contributed by atoms with Crippen LogP contribution in [0.5, 0.6) is 11.5 Å². The van der Waals surface area contributed by atoms with E-state index >= 15 is 0 Å². The molecule has 0 aliphatic heterocycles. The Balaban J connectivity index is 2.30. The smallest absolute Gasteiger partial charge is 0.165 e. The van der Waals surface area contributed by atoms with Crippen molar-refractivity contribution in [2.75, 3.05) is 0 Å². The van der Waals surface area contributed by atoms with Crippen LogP contribution in [0.3, 0.4) is 0 Å². The number of benzene rings is 2. The predicted octanol–water partition coefficient (Wildman–Crippen LogP) is 3.96. The minimum atomic E-state index is -0.594. The van der Waals surface area contributed by atoms with Gasteiger partial charge >= 0.3 is 0 Å². The highest BCUT2D eigenvalue weighted by Gasteiger charge is 2.09. The molecule has 0 aliphatic carbocycles. The van der Waals surface area contributed by atoms with Crippen LogP contribution in [0.25, 0.3) is 0 Å². The Labute approximate surface area is 117 Å². The first-order chi connectivity index (χ1) is 9.45. The SMILES string of the molecule is Cc1ccc(CC(C)N)cc1Oc1cc(F)ccc1F. The Hall–Kier alpha value is -1.94. The van der Waals surface area contributed by atoms with E-state index in [1.165, 1.54) is 0 Å². The van der Waals surface area contributed by atoms with Crippen molar-refractivity contribution in [3.63, 3.8) is 0 Å². The lowest BCUT2D eigenvalue weighted by Crippen LogP contribution is -2.17. The Morgan fingerprint density at radius 1 is 1.10 bits per heavy atom. The summed E-state index contributed by atoms with van der Waals surface area (Å²) in [6, 6.07) is 8.80. The number of halogens is 2. The van der Waals surface area contributed by atoms with E-state index in [-0.39, 0.29) is 11.8 Å². The zero-order valence-corrected chi connectivity index (χ0v) is 11.5. The van der Waals surface area contributed by atoms with Crippen LogP contribution in [0, 0.1) is 18.6 Å². The maximum atomic E-state index is 13.6. The molecule has 4 heteroatoms. The molecule has 20 heavy (non-hydrogen) atoms. The first-order valence-electron chi connectivity index (χ1n) is 6.43.